The van der Waals surface area contributed by atoms with Crippen LogP contribution in [0.2, 0.25) is 0 Å². The van der Waals surface area contributed by atoms with Crippen LogP contribution in [-0.4, -0.2) is 35.9 Å². The molecule has 0 heterocycles. The maximum absolute atomic E-state index is 13.0. The summed E-state index contributed by atoms with van der Waals surface area (Å²) in [7, 11) is 0. The molecule has 1 rings (SSSR count). The molecule has 0 aliphatic rings. The SMILES string of the molecule is CC(C)(C)OC(=O)NCCOc1ccc(F)cc1C(=O)O. The molecular weight excluding hydrogens is 281 g/mol. The molecule has 0 saturated carbocycles. The van der Waals surface area contributed by atoms with Crippen LogP contribution in [0.5, 0.6) is 5.75 Å². The number of nitrogens with one attached hydrogen (secondary N) is 1. The van der Waals surface area contributed by atoms with E-state index in [9.17, 15) is 14.0 Å². The molecule has 1 amide bonds. The Kier molecular flexibility index (Phi) is 5.52. The minimum absolute atomic E-state index is 0.0329. The van der Waals surface area contributed by atoms with E-state index < -0.39 is 23.5 Å². The molecule has 116 valence electrons. The maximum atomic E-state index is 13.0. The van der Waals surface area contributed by atoms with Gasteiger partial charge in [-0.25, -0.2) is 14.0 Å². The summed E-state index contributed by atoms with van der Waals surface area (Å²) < 4.78 is 23.2. The van der Waals surface area contributed by atoms with E-state index in [0.717, 1.165) is 12.1 Å². The molecular formula is C14H18FNO5. The predicted molar refractivity (Wildman–Crippen MR) is 73.1 cm³/mol. The lowest BCUT2D eigenvalue weighted by Crippen LogP contribution is -2.34. The number of hydrogen-bond donors (Lipinski definition) is 2. The zero-order valence-electron chi connectivity index (χ0n) is 12.1. The number of carboxylic acids is 1. The van der Waals surface area contributed by atoms with Gasteiger partial charge < -0.3 is 19.9 Å². The fraction of sp³-hybridized carbons (Fsp3) is 0.429. The molecule has 0 aromatic heterocycles. The highest BCUT2D eigenvalue weighted by Crippen LogP contribution is 2.19. The van der Waals surface area contributed by atoms with Crippen LogP contribution in [0.4, 0.5) is 9.18 Å². The molecule has 0 atom stereocenters. The first kappa shape index (κ1) is 16.7. The summed E-state index contributed by atoms with van der Waals surface area (Å²) in [6.45, 7) is 5.37. The summed E-state index contributed by atoms with van der Waals surface area (Å²) in [6.07, 6.45) is -0.594. The van der Waals surface area contributed by atoms with E-state index in [1.54, 1.807) is 20.8 Å². The molecule has 7 heteroatoms. The molecule has 0 bridgehead atoms. The van der Waals surface area contributed by atoms with E-state index in [1.165, 1.54) is 6.07 Å². The van der Waals surface area contributed by atoms with Gasteiger partial charge in [0, 0.05) is 0 Å². The molecule has 0 unspecified atom stereocenters. The van der Waals surface area contributed by atoms with Gasteiger partial charge in [-0.15, -0.1) is 0 Å². The van der Waals surface area contributed by atoms with Crippen molar-refractivity contribution in [3.05, 3.63) is 29.6 Å². The Morgan fingerprint density at radius 2 is 2.00 bits per heavy atom. The molecule has 0 aliphatic carbocycles. The quantitative estimate of drug-likeness (QED) is 0.816. The summed E-state index contributed by atoms with van der Waals surface area (Å²) in [5, 5.41) is 11.4. The fourth-order valence-corrected chi connectivity index (χ4v) is 1.42. The van der Waals surface area contributed by atoms with E-state index in [-0.39, 0.29) is 24.5 Å². The topological polar surface area (TPSA) is 84.9 Å². The molecule has 0 aliphatic heterocycles. The number of carboxylic acid groups (broad SMARTS) is 1. The third-order valence-corrected chi connectivity index (χ3v) is 2.20. The monoisotopic (exact) mass is 299 g/mol. The van der Waals surface area contributed by atoms with Gasteiger partial charge in [-0.3, -0.25) is 0 Å². The zero-order chi connectivity index (χ0) is 16.0. The number of benzene rings is 1. The van der Waals surface area contributed by atoms with Gasteiger partial charge in [-0.1, -0.05) is 0 Å². The van der Waals surface area contributed by atoms with Crippen LogP contribution in [0.1, 0.15) is 31.1 Å². The van der Waals surface area contributed by atoms with Gasteiger partial charge in [-0.05, 0) is 39.0 Å². The number of carbonyl (C=O) groups excluding carboxylic acids is 1. The van der Waals surface area contributed by atoms with Gasteiger partial charge in [0.2, 0.25) is 0 Å². The summed E-state index contributed by atoms with van der Waals surface area (Å²) in [5.74, 6) is -1.91. The van der Waals surface area contributed by atoms with Crippen molar-refractivity contribution in [1.82, 2.24) is 5.32 Å². The minimum atomic E-state index is -1.29. The number of rotatable bonds is 5. The molecule has 0 spiro atoms. The largest absolute Gasteiger partial charge is 0.491 e. The Bertz CT molecular complexity index is 525. The smallest absolute Gasteiger partial charge is 0.407 e. The van der Waals surface area contributed by atoms with Crippen molar-refractivity contribution in [3.63, 3.8) is 0 Å². The molecule has 1 aromatic carbocycles. The second-order valence-electron chi connectivity index (χ2n) is 5.22. The molecule has 21 heavy (non-hydrogen) atoms. The fourth-order valence-electron chi connectivity index (χ4n) is 1.42. The van der Waals surface area contributed by atoms with E-state index in [1.807, 2.05) is 0 Å². The van der Waals surface area contributed by atoms with Crippen LogP contribution in [0.15, 0.2) is 18.2 Å². The Hall–Kier alpha value is -2.31. The number of aromatic carboxylic acids is 1. The van der Waals surface area contributed by atoms with E-state index in [0.29, 0.717) is 0 Å². The highest BCUT2D eigenvalue weighted by atomic mass is 19.1. The Morgan fingerprint density at radius 3 is 2.57 bits per heavy atom. The second kappa shape index (κ2) is 6.92. The Balaban J connectivity index is 2.47. The van der Waals surface area contributed by atoms with Crippen molar-refractivity contribution < 1.29 is 28.6 Å². The molecule has 1 aromatic rings. The summed E-state index contributed by atoms with van der Waals surface area (Å²) in [6, 6.07) is 3.20. The van der Waals surface area contributed by atoms with Crippen LogP contribution >= 0.6 is 0 Å². The van der Waals surface area contributed by atoms with Crippen LogP contribution in [0.3, 0.4) is 0 Å². The zero-order valence-corrected chi connectivity index (χ0v) is 12.1. The highest BCUT2D eigenvalue weighted by Gasteiger charge is 2.16. The summed E-state index contributed by atoms with van der Waals surface area (Å²) in [5.41, 5.74) is -0.870. The van der Waals surface area contributed by atoms with Gasteiger partial charge in [-0.2, -0.15) is 0 Å². The van der Waals surface area contributed by atoms with Gasteiger partial charge in [0.15, 0.2) is 0 Å². The van der Waals surface area contributed by atoms with Crippen molar-refractivity contribution in [3.8, 4) is 5.75 Å². The van der Waals surface area contributed by atoms with E-state index in [4.69, 9.17) is 14.6 Å². The van der Waals surface area contributed by atoms with Crippen LogP contribution in [0.25, 0.3) is 0 Å². The number of carbonyl (C=O) groups is 2. The van der Waals surface area contributed by atoms with Crippen molar-refractivity contribution >= 4 is 12.1 Å². The van der Waals surface area contributed by atoms with E-state index in [2.05, 4.69) is 5.32 Å². The minimum Gasteiger partial charge on any atom is -0.491 e. The van der Waals surface area contributed by atoms with Gasteiger partial charge >= 0.3 is 12.1 Å². The number of ether oxygens (including phenoxy) is 2. The second-order valence-corrected chi connectivity index (χ2v) is 5.22. The van der Waals surface area contributed by atoms with Crippen LogP contribution in [-0.2, 0) is 4.74 Å². The van der Waals surface area contributed by atoms with Crippen molar-refractivity contribution in [2.75, 3.05) is 13.2 Å². The first-order valence-corrected chi connectivity index (χ1v) is 6.31. The molecule has 6 nitrogen and oxygen atoms in total. The Labute approximate surface area is 121 Å². The first-order chi connectivity index (χ1) is 9.69. The molecule has 2 N–H and O–H groups in total. The number of alkyl carbamates (subject to hydrolysis) is 1. The molecule has 0 saturated heterocycles. The Morgan fingerprint density at radius 1 is 1.33 bits per heavy atom. The lowest BCUT2D eigenvalue weighted by atomic mass is 10.2. The average Bonchev–Trinajstić information content (AvgIpc) is 2.33. The highest BCUT2D eigenvalue weighted by molar-refractivity contribution is 5.90. The van der Waals surface area contributed by atoms with Gasteiger partial charge in [0.05, 0.1) is 6.54 Å². The van der Waals surface area contributed by atoms with Crippen LogP contribution in [0, 0.1) is 5.82 Å². The number of hydrogen-bond acceptors (Lipinski definition) is 4. The standard InChI is InChI=1S/C14H18FNO5/c1-14(2,3)21-13(19)16-6-7-20-11-5-4-9(15)8-10(11)12(17)18/h4-5,8H,6-7H2,1-3H3,(H,16,19)(H,17,18). The molecule has 0 fully saturated rings. The van der Waals surface area contributed by atoms with Gasteiger partial charge in [0.25, 0.3) is 0 Å². The summed E-state index contributed by atoms with van der Waals surface area (Å²) in [4.78, 5) is 22.3. The van der Waals surface area contributed by atoms with Crippen molar-refractivity contribution in [1.29, 1.82) is 0 Å². The predicted octanol–water partition coefficient (Wildman–Crippen LogP) is 2.43. The first-order valence-electron chi connectivity index (χ1n) is 6.31. The van der Waals surface area contributed by atoms with Crippen molar-refractivity contribution in [2.24, 2.45) is 0 Å². The van der Waals surface area contributed by atoms with Gasteiger partial charge in [0.1, 0.15) is 29.3 Å². The third-order valence-electron chi connectivity index (χ3n) is 2.20. The summed E-state index contributed by atoms with van der Waals surface area (Å²) >= 11 is 0. The lowest BCUT2D eigenvalue weighted by Gasteiger charge is -2.19. The van der Waals surface area contributed by atoms with Crippen LogP contribution < -0.4 is 10.1 Å². The third kappa shape index (κ3) is 6.11. The maximum Gasteiger partial charge on any atom is 0.407 e. The van der Waals surface area contributed by atoms with E-state index >= 15 is 0 Å². The normalized spacial score (nSPS) is 10.9. The lowest BCUT2D eigenvalue weighted by molar-refractivity contribution is 0.0518. The van der Waals surface area contributed by atoms with Crippen molar-refractivity contribution in [2.45, 2.75) is 26.4 Å². The molecule has 0 radical (unpaired) electrons. The average molecular weight is 299 g/mol. The number of halogens is 1. The number of amides is 1.